The van der Waals surface area contributed by atoms with Gasteiger partial charge in [-0.3, -0.25) is 4.79 Å². The lowest BCUT2D eigenvalue weighted by molar-refractivity contribution is 0.0939. The summed E-state index contributed by atoms with van der Waals surface area (Å²) in [5.41, 5.74) is 6.82. The van der Waals surface area contributed by atoms with Gasteiger partial charge >= 0.3 is 0 Å². The van der Waals surface area contributed by atoms with Crippen molar-refractivity contribution in [3.63, 3.8) is 0 Å². The van der Waals surface area contributed by atoms with E-state index in [0.717, 1.165) is 39.5 Å². The summed E-state index contributed by atoms with van der Waals surface area (Å²) in [4.78, 5) is 13.0. The van der Waals surface area contributed by atoms with E-state index in [1.54, 1.807) is 6.92 Å². The van der Waals surface area contributed by atoms with Gasteiger partial charge in [-0.05, 0) is 63.9 Å². The fourth-order valence-corrected chi connectivity index (χ4v) is 3.76. The molecule has 4 aromatic rings. The maximum Gasteiger partial charge on any atom is 0.274 e. The van der Waals surface area contributed by atoms with Crippen molar-refractivity contribution in [3.8, 4) is 11.4 Å². The number of aryl methyl sites for hydroxylation is 4. The molecule has 7 heteroatoms. The number of nitrogens with zero attached hydrogens (tertiary/aromatic N) is 3. The second-order valence-electron chi connectivity index (χ2n) is 8.20. The largest absolute Gasteiger partial charge is 0.488 e. The molecule has 0 fully saturated rings. The van der Waals surface area contributed by atoms with Crippen LogP contribution in [0.4, 0.5) is 0 Å². The molecule has 33 heavy (non-hydrogen) atoms. The fourth-order valence-electron chi connectivity index (χ4n) is 3.76. The van der Waals surface area contributed by atoms with Crippen LogP contribution in [-0.2, 0) is 13.2 Å². The summed E-state index contributed by atoms with van der Waals surface area (Å²) in [5.74, 6) is 1.04. The van der Waals surface area contributed by atoms with Crippen LogP contribution >= 0.6 is 0 Å². The molecule has 0 unspecified atom stereocenters. The summed E-state index contributed by atoms with van der Waals surface area (Å²) in [6, 6.07) is 16.0. The Morgan fingerprint density at radius 1 is 1.03 bits per heavy atom. The molecule has 0 saturated heterocycles. The molecule has 170 valence electrons. The van der Waals surface area contributed by atoms with Crippen LogP contribution in [0.5, 0.6) is 5.75 Å². The van der Waals surface area contributed by atoms with Crippen LogP contribution in [0.1, 0.15) is 49.9 Å². The molecule has 2 aromatic heterocycles. The van der Waals surface area contributed by atoms with Crippen molar-refractivity contribution < 1.29 is 14.1 Å². The summed E-state index contributed by atoms with van der Waals surface area (Å²) in [6.45, 7) is 10.3. The summed E-state index contributed by atoms with van der Waals surface area (Å²) in [6.07, 6.45) is 0. The first-order valence-corrected chi connectivity index (χ1v) is 10.9. The second-order valence-corrected chi connectivity index (χ2v) is 8.20. The van der Waals surface area contributed by atoms with Crippen LogP contribution in [0.25, 0.3) is 5.69 Å². The van der Waals surface area contributed by atoms with Crippen molar-refractivity contribution >= 4 is 5.91 Å². The first-order valence-electron chi connectivity index (χ1n) is 10.9. The smallest absolute Gasteiger partial charge is 0.274 e. The molecule has 2 aromatic carbocycles. The first kappa shape index (κ1) is 22.3. The Morgan fingerprint density at radius 2 is 1.79 bits per heavy atom. The summed E-state index contributed by atoms with van der Waals surface area (Å²) in [5, 5.41) is 11.6. The maximum absolute atomic E-state index is 13.0. The van der Waals surface area contributed by atoms with Crippen molar-refractivity contribution in [2.45, 2.75) is 47.8 Å². The normalized spacial score (nSPS) is 10.9. The van der Waals surface area contributed by atoms with Gasteiger partial charge in [0.15, 0.2) is 5.69 Å². The van der Waals surface area contributed by atoms with E-state index in [-0.39, 0.29) is 18.2 Å². The van der Waals surface area contributed by atoms with Gasteiger partial charge in [0.2, 0.25) is 0 Å². The number of amides is 1. The predicted octanol–water partition coefficient (Wildman–Crippen LogP) is 4.91. The Hall–Kier alpha value is -3.87. The van der Waals surface area contributed by atoms with E-state index in [2.05, 4.69) is 15.6 Å². The number of rotatable bonds is 7. The van der Waals surface area contributed by atoms with Crippen LogP contribution in [-0.4, -0.2) is 20.8 Å². The number of benzene rings is 2. The van der Waals surface area contributed by atoms with Crippen molar-refractivity contribution in [2.75, 3.05) is 0 Å². The Morgan fingerprint density at radius 3 is 2.55 bits per heavy atom. The van der Waals surface area contributed by atoms with Gasteiger partial charge < -0.3 is 14.6 Å². The zero-order valence-corrected chi connectivity index (χ0v) is 19.6. The molecule has 1 N–H and O–H groups in total. The Kier molecular flexibility index (Phi) is 6.31. The van der Waals surface area contributed by atoms with Gasteiger partial charge in [-0.25, -0.2) is 4.68 Å². The molecular formula is C26H28N4O3. The van der Waals surface area contributed by atoms with Crippen molar-refractivity contribution in [3.05, 3.63) is 93.6 Å². The molecule has 7 nitrogen and oxygen atoms in total. The van der Waals surface area contributed by atoms with Crippen molar-refractivity contribution in [1.29, 1.82) is 0 Å². The number of hydrogen-bond donors (Lipinski definition) is 1. The van der Waals surface area contributed by atoms with Gasteiger partial charge in [0.05, 0.1) is 16.9 Å². The summed E-state index contributed by atoms with van der Waals surface area (Å²) >= 11 is 0. The minimum Gasteiger partial charge on any atom is -0.488 e. The minimum absolute atomic E-state index is 0.201. The van der Waals surface area contributed by atoms with E-state index in [9.17, 15) is 4.79 Å². The van der Waals surface area contributed by atoms with Crippen molar-refractivity contribution in [2.24, 2.45) is 0 Å². The van der Waals surface area contributed by atoms with E-state index in [4.69, 9.17) is 9.26 Å². The SMILES string of the molecule is Cc1ccc(C)c(OCc2c(C(=O)NCc3c(C)nn(-c4ccccc4)c3C)noc2C)c1. The standard InChI is InChI=1S/C26H28N4O3/c1-16-11-12-17(2)24(13-16)32-15-23-20(5)33-29-25(23)26(31)27-14-22-18(3)28-30(19(22)4)21-9-7-6-8-10-21/h6-13H,14-15H2,1-5H3,(H,27,31). The molecule has 0 aliphatic carbocycles. The van der Waals surface area contributed by atoms with Gasteiger partial charge in [0.25, 0.3) is 5.91 Å². The van der Waals surface area contributed by atoms with E-state index < -0.39 is 0 Å². The first-order chi connectivity index (χ1) is 15.8. The number of carbonyl (C=O) groups excluding carboxylic acids is 1. The zero-order chi connectivity index (χ0) is 23.5. The number of para-hydroxylation sites is 1. The molecule has 0 spiro atoms. The van der Waals surface area contributed by atoms with E-state index in [1.165, 1.54) is 0 Å². The Balaban J connectivity index is 1.48. The number of nitrogens with one attached hydrogen (secondary N) is 1. The van der Waals surface area contributed by atoms with Crippen molar-refractivity contribution in [1.82, 2.24) is 20.3 Å². The van der Waals surface area contributed by atoms with Crippen LogP contribution in [0, 0.1) is 34.6 Å². The third-order valence-corrected chi connectivity index (χ3v) is 5.78. The highest BCUT2D eigenvalue weighted by Gasteiger charge is 2.22. The lowest BCUT2D eigenvalue weighted by atomic mass is 10.1. The van der Waals surface area contributed by atoms with Crippen LogP contribution in [0.3, 0.4) is 0 Å². The second kappa shape index (κ2) is 9.32. The lowest BCUT2D eigenvalue weighted by Gasteiger charge is -2.10. The highest BCUT2D eigenvalue weighted by Crippen LogP contribution is 2.23. The molecule has 0 atom stereocenters. The molecule has 0 aliphatic rings. The molecule has 0 saturated carbocycles. The lowest BCUT2D eigenvalue weighted by Crippen LogP contribution is -2.25. The third kappa shape index (κ3) is 4.67. The summed E-state index contributed by atoms with van der Waals surface area (Å²) < 4.78 is 13.2. The molecular weight excluding hydrogens is 416 g/mol. The zero-order valence-electron chi connectivity index (χ0n) is 19.6. The molecule has 0 bridgehead atoms. The van der Waals surface area contributed by atoms with E-state index in [1.807, 2.05) is 80.9 Å². The number of carbonyl (C=O) groups is 1. The topological polar surface area (TPSA) is 82.2 Å². The number of aromatic nitrogens is 3. The Bertz CT molecular complexity index is 1290. The van der Waals surface area contributed by atoms with Gasteiger partial charge in [-0.1, -0.05) is 35.5 Å². The number of hydrogen-bond acceptors (Lipinski definition) is 5. The average Bonchev–Trinajstić information content (AvgIpc) is 3.32. The van der Waals surface area contributed by atoms with E-state index >= 15 is 0 Å². The molecule has 2 heterocycles. The maximum atomic E-state index is 13.0. The quantitative estimate of drug-likeness (QED) is 0.438. The average molecular weight is 445 g/mol. The summed E-state index contributed by atoms with van der Waals surface area (Å²) in [7, 11) is 0. The molecule has 0 radical (unpaired) electrons. The van der Waals surface area contributed by atoms with Gasteiger partial charge in [-0.2, -0.15) is 5.10 Å². The molecule has 4 rings (SSSR count). The minimum atomic E-state index is -0.308. The predicted molar refractivity (Wildman–Crippen MR) is 126 cm³/mol. The van der Waals surface area contributed by atoms with E-state index in [0.29, 0.717) is 17.9 Å². The molecule has 0 aliphatic heterocycles. The fraction of sp³-hybridized carbons (Fsp3) is 0.269. The monoisotopic (exact) mass is 444 g/mol. The van der Waals surface area contributed by atoms with Gasteiger partial charge in [0.1, 0.15) is 18.1 Å². The Labute approximate surface area is 193 Å². The highest BCUT2D eigenvalue weighted by molar-refractivity contribution is 5.93. The highest BCUT2D eigenvalue weighted by atomic mass is 16.5. The van der Waals surface area contributed by atoms with Gasteiger partial charge in [-0.15, -0.1) is 0 Å². The van der Waals surface area contributed by atoms with Crippen LogP contribution < -0.4 is 10.1 Å². The number of ether oxygens (including phenoxy) is 1. The van der Waals surface area contributed by atoms with Crippen LogP contribution in [0.2, 0.25) is 0 Å². The third-order valence-electron chi connectivity index (χ3n) is 5.78. The molecule has 1 amide bonds. The van der Waals surface area contributed by atoms with Gasteiger partial charge in [0, 0.05) is 17.8 Å². The van der Waals surface area contributed by atoms with Crippen LogP contribution in [0.15, 0.2) is 53.1 Å².